The molecule has 12 heavy (non-hydrogen) atoms. The molecule has 0 bridgehead atoms. The number of hydrogen-bond donors (Lipinski definition) is 0. The summed E-state index contributed by atoms with van der Waals surface area (Å²) in [7, 11) is 0. The Labute approximate surface area is 74.1 Å². The fourth-order valence-electron chi connectivity index (χ4n) is 1.57. The summed E-state index contributed by atoms with van der Waals surface area (Å²) in [6.07, 6.45) is 6.24. The Balaban J connectivity index is 2.47. The number of rotatable bonds is 2. The summed E-state index contributed by atoms with van der Waals surface area (Å²) in [5.41, 5.74) is 0.696. The van der Waals surface area contributed by atoms with Crippen LogP contribution < -0.4 is 0 Å². The van der Waals surface area contributed by atoms with Crippen LogP contribution in [-0.2, 0) is 4.79 Å². The van der Waals surface area contributed by atoms with E-state index in [1.54, 1.807) is 6.92 Å². The lowest BCUT2D eigenvalue weighted by Gasteiger charge is -2.17. The molecule has 0 aromatic rings. The summed E-state index contributed by atoms with van der Waals surface area (Å²) in [6, 6.07) is 0.433. The van der Waals surface area contributed by atoms with Crippen molar-refractivity contribution in [2.24, 2.45) is 4.99 Å². The molecule has 2 heteroatoms. The second-order valence-electron chi connectivity index (χ2n) is 3.56. The molecule has 0 aromatic heterocycles. The van der Waals surface area contributed by atoms with E-state index in [4.69, 9.17) is 0 Å². The van der Waals surface area contributed by atoms with Gasteiger partial charge in [0.05, 0.1) is 11.8 Å². The molecule has 0 unspecified atom stereocenters. The van der Waals surface area contributed by atoms with E-state index in [2.05, 4.69) is 4.99 Å². The molecule has 1 aliphatic rings. The molecule has 0 atom stereocenters. The van der Waals surface area contributed by atoms with Crippen LogP contribution in [-0.4, -0.2) is 17.5 Å². The van der Waals surface area contributed by atoms with E-state index in [0.29, 0.717) is 11.8 Å². The zero-order chi connectivity index (χ0) is 8.97. The van der Waals surface area contributed by atoms with Crippen LogP contribution in [0.4, 0.5) is 0 Å². The molecule has 1 rings (SSSR count). The normalized spacial score (nSPS) is 21.0. The average Bonchev–Trinajstić information content (AvgIpc) is 2.06. The van der Waals surface area contributed by atoms with Crippen LogP contribution in [0.5, 0.6) is 0 Å². The smallest absolute Gasteiger partial charge is 0.173 e. The number of hydrogen-bond acceptors (Lipinski definition) is 2. The molecular formula is C10H17NO. The standard InChI is InChI=1S/C10H17NO/c1-8(9(2)12)11-10-6-4-3-5-7-10/h10H,3-7H2,1-2H3. The first-order chi connectivity index (χ1) is 5.70. The van der Waals surface area contributed by atoms with Crippen molar-refractivity contribution in [2.45, 2.75) is 52.0 Å². The van der Waals surface area contributed by atoms with E-state index in [9.17, 15) is 4.79 Å². The zero-order valence-electron chi connectivity index (χ0n) is 7.97. The van der Waals surface area contributed by atoms with Crippen LogP contribution in [0.1, 0.15) is 46.0 Å². The van der Waals surface area contributed by atoms with E-state index in [0.717, 1.165) is 0 Å². The number of Topliss-reactive ketones (excluding diaryl/α,β-unsaturated/α-hetero) is 1. The zero-order valence-corrected chi connectivity index (χ0v) is 7.97. The van der Waals surface area contributed by atoms with Crippen molar-refractivity contribution in [3.63, 3.8) is 0 Å². The van der Waals surface area contributed by atoms with Crippen molar-refractivity contribution < 1.29 is 4.79 Å². The van der Waals surface area contributed by atoms with Gasteiger partial charge in [0.25, 0.3) is 0 Å². The van der Waals surface area contributed by atoms with Gasteiger partial charge in [-0.3, -0.25) is 9.79 Å². The first-order valence-electron chi connectivity index (χ1n) is 4.75. The highest BCUT2D eigenvalue weighted by molar-refractivity contribution is 6.38. The van der Waals surface area contributed by atoms with Gasteiger partial charge in [-0.15, -0.1) is 0 Å². The molecule has 2 nitrogen and oxygen atoms in total. The predicted molar refractivity (Wildman–Crippen MR) is 50.7 cm³/mol. The minimum absolute atomic E-state index is 0.112. The molecule has 0 heterocycles. The van der Waals surface area contributed by atoms with E-state index in [1.807, 2.05) is 6.92 Å². The first-order valence-corrected chi connectivity index (χ1v) is 4.75. The molecular weight excluding hydrogens is 150 g/mol. The van der Waals surface area contributed by atoms with Crippen LogP contribution in [0.15, 0.2) is 4.99 Å². The van der Waals surface area contributed by atoms with Gasteiger partial charge in [0.1, 0.15) is 0 Å². The summed E-state index contributed by atoms with van der Waals surface area (Å²) >= 11 is 0. The third kappa shape index (κ3) is 2.76. The SMILES string of the molecule is CC(=O)C(C)=NC1CCCCC1. The maximum absolute atomic E-state index is 10.9. The van der Waals surface area contributed by atoms with Crippen LogP contribution in [0.25, 0.3) is 0 Å². The van der Waals surface area contributed by atoms with Crippen LogP contribution >= 0.6 is 0 Å². The van der Waals surface area contributed by atoms with Crippen molar-refractivity contribution in [3.8, 4) is 0 Å². The van der Waals surface area contributed by atoms with E-state index in [1.165, 1.54) is 32.1 Å². The minimum atomic E-state index is 0.112. The molecule has 1 aliphatic carbocycles. The fourth-order valence-corrected chi connectivity index (χ4v) is 1.57. The summed E-state index contributed by atoms with van der Waals surface area (Å²) < 4.78 is 0. The maximum atomic E-state index is 10.9. The largest absolute Gasteiger partial charge is 0.293 e. The van der Waals surface area contributed by atoms with E-state index < -0.39 is 0 Å². The molecule has 0 saturated heterocycles. The van der Waals surface area contributed by atoms with Crippen molar-refractivity contribution in [2.75, 3.05) is 0 Å². The second-order valence-corrected chi connectivity index (χ2v) is 3.56. The summed E-state index contributed by atoms with van der Waals surface area (Å²) in [6.45, 7) is 3.40. The highest BCUT2D eigenvalue weighted by atomic mass is 16.1. The Bertz CT molecular complexity index is 190. The number of nitrogens with zero attached hydrogens (tertiary/aromatic N) is 1. The Morgan fingerprint density at radius 3 is 2.25 bits per heavy atom. The van der Waals surface area contributed by atoms with Crippen molar-refractivity contribution in [1.29, 1.82) is 0 Å². The molecule has 0 spiro atoms. The lowest BCUT2D eigenvalue weighted by molar-refractivity contribution is -0.111. The second kappa shape index (κ2) is 4.39. The van der Waals surface area contributed by atoms with Gasteiger partial charge in [-0.1, -0.05) is 19.3 Å². The predicted octanol–water partition coefficient (Wildman–Crippen LogP) is 2.37. The van der Waals surface area contributed by atoms with E-state index >= 15 is 0 Å². The summed E-state index contributed by atoms with van der Waals surface area (Å²) in [5.74, 6) is 0.112. The lowest BCUT2D eigenvalue weighted by atomic mass is 9.96. The molecule has 0 aromatic carbocycles. The maximum Gasteiger partial charge on any atom is 0.173 e. The Kier molecular flexibility index (Phi) is 3.45. The summed E-state index contributed by atoms with van der Waals surface area (Å²) in [5, 5.41) is 0. The van der Waals surface area contributed by atoms with Crippen molar-refractivity contribution in [1.82, 2.24) is 0 Å². The van der Waals surface area contributed by atoms with Crippen LogP contribution in [0.3, 0.4) is 0 Å². The first kappa shape index (κ1) is 9.43. The molecule has 0 N–H and O–H groups in total. The van der Waals surface area contributed by atoms with Crippen molar-refractivity contribution in [3.05, 3.63) is 0 Å². The third-order valence-electron chi connectivity index (χ3n) is 2.46. The average molecular weight is 167 g/mol. The Morgan fingerprint density at radius 2 is 1.75 bits per heavy atom. The minimum Gasteiger partial charge on any atom is -0.293 e. The fraction of sp³-hybridized carbons (Fsp3) is 0.800. The van der Waals surface area contributed by atoms with Gasteiger partial charge >= 0.3 is 0 Å². The van der Waals surface area contributed by atoms with Gasteiger partial charge in [-0.2, -0.15) is 0 Å². The Hall–Kier alpha value is -0.660. The van der Waals surface area contributed by atoms with Gasteiger partial charge in [0, 0.05) is 6.92 Å². The lowest BCUT2D eigenvalue weighted by Crippen LogP contribution is -2.14. The monoisotopic (exact) mass is 167 g/mol. The van der Waals surface area contributed by atoms with Crippen LogP contribution in [0.2, 0.25) is 0 Å². The van der Waals surface area contributed by atoms with Gasteiger partial charge in [0.2, 0.25) is 0 Å². The van der Waals surface area contributed by atoms with Gasteiger partial charge < -0.3 is 0 Å². The Morgan fingerprint density at radius 1 is 1.17 bits per heavy atom. The van der Waals surface area contributed by atoms with Gasteiger partial charge in [-0.25, -0.2) is 0 Å². The molecule has 0 aliphatic heterocycles. The van der Waals surface area contributed by atoms with Gasteiger partial charge in [0.15, 0.2) is 5.78 Å². The van der Waals surface area contributed by atoms with E-state index in [-0.39, 0.29) is 5.78 Å². The van der Waals surface area contributed by atoms with Crippen molar-refractivity contribution >= 4 is 11.5 Å². The quantitative estimate of drug-likeness (QED) is 0.580. The number of carbonyl (C=O) groups is 1. The molecule has 0 radical (unpaired) electrons. The van der Waals surface area contributed by atoms with Gasteiger partial charge in [-0.05, 0) is 19.8 Å². The highest BCUT2D eigenvalue weighted by Crippen LogP contribution is 2.20. The highest BCUT2D eigenvalue weighted by Gasteiger charge is 2.12. The topological polar surface area (TPSA) is 29.4 Å². The number of aliphatic imine (C=N–C) groups is 1. The van der Waals surface area contributed by atoms with Crippen LogP contribution in [0, 0.1) is 0 Å². The molecule has 1 fully saturated rings. The number of carbonyl (C=O) groups excluding carboxylic acids is 1. The molecule has 68 valence electrons. The number of ketones is 1. The molecule has 0 amide bonds. The summed E-state index contributed by atoms with van der Waals surface area (Å²) in [4.78, 5) is 15.3. The third-order valence-corrected chi connectivity index (χ3v) is 2.46. The molecule has 1 saturated carbocycles.